The van der Waals surface area contributed by atoms with Gasteiger partial charge in [0.05, 0.1) is 12.7 Å². The molecule has 0 heterocycles. The smallest absolute Gasteiger partial charge is 0.193 e. The van der Waals surface area contributed by atoms with Gasteiger partial charge in [-0.25, -0.2) is 4.85 Å². The molecular weight excluding hydrogens is 294 g/mol. The van der Waals surface area contributed by atoms with Crippen molar-refractivity contribution in [2.45, 2.75) is 46.6 Å². The van der Waals surface area contributed by atoms with E-state index in [0.29, 0.717) is 0 Å². The molecule has 0 aliphatic heterocycles. The number of rotatable bonds is 4. The Bertz CT molecular complexity index is 778. The summed E-state index contributed by atoms with van der Waals surface area (Å²) in [7, 11) is 0. The first kappa shape index (κ1) is 17.6. The zero-order chi connectivity index (χ0) is 17.5. The minimum Gasteiger partial charge on any atom is -0.491 e. The molecule has 0 N–H and O–H groups in total. The summed E-state index contributed by atoms with van der Waals surface area (Å²) in [6, 6.07) is 11.8. The molecule has 0 amide bonds. The van der Waals surface area contributed by atoms with Crippen LogP contribution in [0.4, 0.5) is 5.69 Å². The molecule has 0 saturated carbocycles. The fourth-order valence-electron chi connectivity index (χ4n) is 2.66. The van der Waals surface area contributed by atoms with Crippen molar-refractivity contribution in [1.82, 2.24) is 0 Å². The highest BCUT2D eigenvalue weighted by atomic mass is 16.5. The Labute approximate surface area is 145 Å². The minimum atomic E-state index is 0.235. The highest BCUT2D eigenvalue weighted by Gasteiger charge is 2.04. The van der Waals surface area contributed by atoms with Crippen molar-refractivity contribution in [2.75, 3.05) is 0 Å². The molecule has 0 spiro atoms. The summed E-state index contributed by atoms with van der Waals surface area (Å²) in [5.41, 5.74) is 4.57. The van der Waals surface area contributed by atoms with Crippen molar-refractivity contribution in [1.29, 1.82) is 0 Å². The van der Waals surface area contributed by atoms with E-state index in [-0.39, 0.29) is 6.10 Å². The van der Waals surface area contributed by atoms with E-state index < -0.39 is 0 Å². The Balaban J connectivity index is 2.13. The van der Waals surface area contributed by atoms with Crippen molar-refractivity contribution in [2.24, 2.45) is 0 Å². The second kappa shape index (κ2) is 8.23. The molecule has 0 aliphatic rings. The second-order valence-corrected chi connectivity index (χ2v) is 6.06. The molecule has 0 unspecified atom stereocenters. The van der Waals surface area contributed by atoms with Crippen LogP contribution < -0.4 is 4.74 Å². The van der Waals surface area contributed by atoms with Gasteiger partial charge in [0.15, 0.2) is 5.69 Å². The first-order chi connectivity index (χ1) is 11.5. The number of hydrogen-bond donors (Lipinski definition) is 0. The first-order valence-corrected chi connectivity index (χ1v) is 8.31. The lowest BCUT2D eigenvalue weighted by atomic mass is 10.0. The molecule has 0 aliphatic carbocycles. The largest absolute Gasteiger partial charge is 0.491 e. The molecule has 24 heavy (non-hydrogen) atoms. The Kier molecular flexibility index (Phi) is 6.05. The van der Waals surface area contributed by atoms with Gasteiger partial charge in [0.25, 0.3) is 0 Å². The maximum absolute atomic E-state index is 7.20. The van der Waals surface area contributed by atoms with Gasteiger partial charge in [0, 0.05) is 11.1 Å². The quantitative estimate of drug-likeness (QED) is 0.511. The lowest BCUT2D eigenvalue weighted by molar-refractivity contribution is 0.210. The molecule has 0 aromatic heterocycles. The number of nitrogens with zero attached hydrogens (tertiary/aromatic N) is 1. The zero-order valence-corrected chi connectivity index (χ0v) is 14.8. The van der Waals surface area contributed by atoms with Crippen LogP contribution in [0.3, 0.4) is 0 Å². The highest BCUT2D eigenvalue weighted by molar-refractivity contribution is 5.61. The summed E-state index contributed by atoms with van der Waals surface area (Å²) in [4.78, 5) is 3.56. The van der Waals surface area contributed by atoms with E-state index >= 15 is 0 Å². The summed E-state index contributed by atoms with van der Waals surface area (Å²) < 4.78 is 5.85. The molecule has 0 radical (unpaired) electrons. The minimum absolute atomic E-state index is 0.235. The van der Waals surface area contributed by atoms with Gasteiger partial charge >= 0.3 is 0 Å². The Hall–Kier alpha value is -2.71. The highest BCUT2D eigenvalue weighted by Crippen LogP contribution is 2.24. The maximum atomic E-state index is 7.20. The Morgan fingerprint density at radius 1 is 1.04 bits per heavy atom. The first-order valence-electron chi connectivity index (χ1n) is 8.31. The summed E-state index contributed by atoms with van der Waals surface area (Å²) in [6.07, 6.45) is 2.41. The normalized spacial score (nSPS) is 11.1. The van der Waals surface area contributed by atoms with Crippen molar-refractivity contribution < 1.29 is 4.74 Å². The van der Waals surface area contributed by atoms with Crippen LogP contribution in [0.2, 0.25) is 0 Å². The van der Waals surface area contributed by atoms with Gasteiger partial charge in [-0.15, -0.1) is 0 Å². The van der Waals surface area contributed by atoms with Crippen molar-refractivity contribution in [3.8, 4) is 17.6 Å². The van der Waals surface area contributed by atoms with Gasteiger partial charge < -0.3 is 4.74 Å². The molecule has 0 saturated heterocycles. The second-order valence-electron chi connectivity index (χ2n) is 6.06. The molecule has 0 bridgehead atoms. The third-order valence-corrected chi connectivity index (χ3v) is 3.84. The van der Waals surface area contributed by atoms with E-state index in [1.165, 1.54) is 0 Å². The molecule has 2 nitrogen and oxygen atoms in total. The molecule has 2 aromatic carbocycles. The van der Waals surface area contributed by atoms with E-state index in [0.717, 1.165) is 46.5 Å². The summed E-state index contributed by atoms with van der Waals surface area (Å²) in [5.74, 6) is 7.24. The number of hydrogen-bond acceptors (Lipinski definition) is 1. The van der Waals surface area contributed by atoms with Crippen LogP contribution in [0.1, 0.15) is 48.9 Å². The molecule has 0 fully saturated rings. The van der Waals surface area contributed by atoms with E-state index in [1.54, 1.807) is 0 Å². The average molecular weight is 317 g/mol. The van der Waals surface area contributed by atoms with Crippen LogP contribution in [0, 0.1) is 32.3 Å². The molecule has 2 aromatic rings. The summed E-state index contributed by atoms with van der Waals surface area (Å²) >= 11 is 0. The van der Waals surface area contributed by atoms with Crippen molar-refractivity contribution in [3.63, 3.8) is 0 Å². The number of aryl methyl sites for hydroxylation is 2. The summed E-state index contributed by atoms with van der Waals surface area (Å²) in [5, 5.41) is 0. The molecular formula is C22H23NO. The topological polar surface area (TPSA) is 13.6 Å². The van der Waals surface area contributed by atoms with E-state index in [9.17, 15) is 0 Å². The number of ether oxygens (including phenoxy) is 1. The number of benzene rings is 2. The van der Waals surface area contributed by atoms with Crippen molar-refractivity contribution >= 4 is 5.69 Å². The van der Waals surface area contributed by atoms with Gasteiger partial charge in [-0.1, -0.05) is 37.3 Å². The van der Waals surface area contributed by atoms with Gasteiger partial charge in [0.2, 0.25) is 0 Å². The zero-order valence-electron chi connectivity index (χ0n) is 14.8. The molecule has 1 atom stereocenters. The standard InChI is InChI=1S/C22H23NO/c1-6-7-18(4)24-21-12-10-19(11-13-21)8-9-20-14-16(2)22(23-5)17(3)15-20/h10-15,18H,6-7H2,1-4H3/t18-/m1/s1. The van der Waals surface area contributed by atoms with Crippen LogP contribution in [-0.2, 0) is 0 Å². The third kappa shape index (κ3) is 4.64. The van der Waals surface area contributed by atoms with E-state index in [1.807, 2.05) is 50.2 Å². The Morgan fingerprint density at radius 3 is 2.17 bits per heavy atom. The van der Waals surface area contributed by atoms with Gasteiger partial charge in [-0.3, -0.25) is 0 Å². The SMILES string of the molecule is [C-]#[N+]c1c(C)cc(C#Cc2ccc(O[C@H](C)CCC)cc2)cc1C. The lowest BCUT2D eigenvalue weighted by Crippen LogP contribution is -2.10. The van der Waals surface area contributed by atoms with Gasteiger partial charge in [-0.2, -0.15) is 0 Å². The molecule has 2 rings (SSSR count). The van der Waals surface area contributed by atoms with Crippen LogP contribution in [-0.4, -0.2) is 6.10 Å². The summed E-state index contributed by atoms with van der Waals surface area (Å²) in [6.45, 7) is 15.4. The predicted octanol–water partition coefficient (Wildman–Crippen LogP) is 5.82. The molecule has 122 valence electrons. The van der Waals surface area contributed by atoms with Gasteiger partial charge in [0.1, 0.15) is 5.75 Å². The maximum Gasteiger partial charge on any atom is 0.193 e. The van der Waals surface area contributed by atoms with Crippen LogP contribution in [0.5, 0.6) is 5.75 Å². The van der Waals surface area contributed by atoms with Crippen molar-refractivity contribution in [3.05, 3.63) is 70.1 Å². The van der Waals surface area contributed by atoms with E-state index in [2.05, 4.69) is 30.5 Å². The molecule has 2 heteroatoms. The fourth-order valence-corrected chi connectivity index (χ4v) is 2.66. The monoisotopic (exact) mass is 317 g/mol. The van der Waals surface area contributed by atoms with Crippen LogP contribution in [0.25, 0.3) is 4.85 Å². The Morgan fingerprint density at radius 2 is 1.62 bits per heavy atom. The lowest BCUT2D eigenvalue weighted by Gasteiger charge is -2.13. The average Bonchev–Trinajstić information content (AvgIpc) is 2.54. The fraction of sp³-hybridized carbons (Fsp3) is 0.318. The third-order valence-electron chi connectivity index (χ3n) is 3.84. The van der Waals surface area contributed by atoms with E-state index in [4.69, 9.17) is 11.3 Å². The predicted molar refractivity (Wildman–Crippen MR) is 99.6 cm³/mol. The van der Waals surface area contributed by atoms with Crippen LogP contribution >= 0.6 is 0 Å². The van der Waals surface area contributed by atoms with Crippen LogP contribution in [0.15, 0.2) is 36.4 Å². The van der Waals surface area contributed by atoms with Gasteiger partial charge in [-0.05, 0) is 62.6 Å².